The molecule has 1 N–H and O–H groups in total. The number of rotatable bonds is 8. The number of nitrogens with zero attached hydrogens (tertiary/aromatic N) is 1. The van der Waals surface area contributed by atoms with E-state index in [9.17, 15) is 18.4 Å². The lowest BCUT2D eigenvalue weighted by molar-refractivity contribution is -0.120. The van der Waals surface area contributed by atoms with E-state index in [2.05, 4.69) is 5.32 Å². The van der Waals surface area contributed by atoms with E-state index < -0.39 is 23.4 Å². The Kier molecular flexibility index (Phi) is 6.58. The smallest absolute Gasteiger partial charge is 0.282 e. The van der Waals surface area contributed by atoms with Gasteiger partial charge in [0.1, 0.15) is 28.8 Å². The first kappa shape index (κ1) is 23.0. The third-order valence-electron chi connectivity index (χ3n) is 5.19. The summed E-state index contributed by atoms with van der Waals surface area (Å²) in [6, 6.07) is 16.2. The van der Waals surface area contributed by atoms with Crippen LogP contribution in [0.2, 0.25) is 0 Å². The van der Waals surface area contributed by atoms with Gasteiger partial charge in [-0.15, -0.1) is 0 Å². The van der Waals surface area contributed by atoms with Crippen LogP contribution in [0.1, 0.15) is 18.9 Å². The van der Waals surface area contributed by atoms with E-state index in [1.54, 1.807) is 48.5 Å². The number of nitrogens with one attached hydrogen (secondary N) is 1. The molecule has 4 rings (SSSR count). The normalized spacial score (nSPS) is 13.5. The van der Waals surface area contributed by atoms with Crippen LogP contribution in [0.4, 0.5) is 20.2 Å². The lowest BCUT2D eigenvalue weighted by Gasteiger charge is -2.16. The molecule has 34 heavy (non-hydrogen) atoms. The lowest BCUT2D eigenvalue weighted by atomic mass is 10.0. The molecular weight excluding hydrogens is 442 g/mol. The summed E-state index contributed by atoms with van der Waals surface area (Å²) in [7, 11) is 1.51. The van der Waals surface area contributed by atoms with Crippen molar-refractivity contribution in [3.8, 4) is 11.5 Å². The van der Waals surface area contributed by atoms with Crippen molar-refractivity contribution < 1.29 is 27.8 Å². The van der Waals surface area contributed by atoms with Crippen LogP contribution in [0.3, 0.4) is 0 Å². The van der Waals surface area contributed by atoms with Crippen molar-refractivity contribution in [3.05, 3.63) is 89.6 Å². The van der Waals surface area contributed by atoms with Gasteiger partial charge >= 0.3 is 0 Å². The Balaban J connectivity index is 1.78. The molecule has 1 aliphatic rings. The van der Waals surface area contributed by atoms with Gasteiger partial charge in [-0.2, -0.15) is 0 Å². The fraction of sp³-hybridized carbons (Fsp3) is 0.154. The van der Waals surface area contributed by atoms with Crippen molar-refractivity contribution in [2.45, 2.75) is 13.3 Å². The summed E-state index contributed by atoms with van der Waals surface area (Å²) in [5.74, 6) is -2.17. The molecule has 174 valence electrons. The van der Waals surface area contributed by atoms with Gasteiger partial charge in [-0.05, 0) is 48.4 Å². The second-order valence-electron chi connectivity index (χ2n) is 7.52. The van der Waals surface area contributed by atoms with Crippen molar-refractivity contribution in [3.63, 3.8) is 0 Å². The minimum Gasteiger partial charge on any atom is -0.497 e. The zero-order valence-electron chi connectivity index (χ0n) is 18.6. The quantitative estimate of drug-likeness (QED) is 0.467. The Labute approximate surface area is 195 Å². The maximum atomic E-state index is 14.5. The van der Waals surface area contributed by atoms with E-state index >= 15 is 0 Å². The third-order valence-corrected chi connectivity index (χ3v) is 5.19. The molecule has 0 atom stereocenters. The molecule has 0 saturated heterocycles. The molecule has 1 heterocycles. The number of hydrogen-bond donors (Lipinski definition) is 1. The molecule has 1 aliphatic heterocycles. The summed E-state index contributed by atoms with van der Waals surface area (Å²) in [4.78, 5) is 27.5. The topological polar surface area (TPSA) is 67.9 Å². The van der Waals surface area contributed by atoms with Gasteiger partial charge in [-0.25, -0.2) is 13.7 Å². The van der Waals surface area contributed by atoms with Crippen LogP contribution in [0, 0.1) is 11.6 Å². The molecule has 6 nitrogen and oxygen atoms in total. The summed E-state index contributed by atoms with van der Waals surface area (Å²) >= 11 is 0. The highest BCUT2D eigenvalue weighted by molar-refractivity contribution is 6.46. The molecular formula is C26H22F2N2O4. The number of methoxy groups -OCH3 is 1. The minimum absolute atomic E-state index is 0.0356. The standard InChI is InChI=1S/C26H22F2N2O4/c1-3-13-34-20-6-4-5-18(15-20)29-24-23(16-7-10-19(33-2)11-8-16)25(31)30(26(24)32)22-12-9-17(27)14-21(22)28/h4-12,14-15,29H,3,13H2,1-2H3. The van der Waals surface area contributed by atoms with Gasteiger partial charge in [0.05, 0.1) is 25.0 Å². The SMILES string of the molecule is CCCOc1cccc(NC2=C(c3ccc(OC)cc3)C(=O)N(c3ccc(F)cc3F)C2=O)c1. The van der Waals surface area contributed by atoms with E-state index in [0.717, 1.165) is 18.6 Å². The van der Waals surface area contributed by atoms with Crippen LogP contribution in [0.25, 0.3) is 5.57 Å². The number of halogens is 2. The molecule has 0 unspecified atom stereocenters. The van der Waals surface area contributed by atoms with Crippen LogP contribution in [0.5, 0.6) is 11.5 Å². The van der Waals surface area contributed by atoms with Crippen molar-refractivity contribution in [2.24, 2.45) is 0 Å². The molecule has 0 spiro atoms. The number of hydrogen-bond acceptors (Lipinski definition) is 5. The van der Waals surface area contributed by atoms with Crippen molar-refractivity contribution in [1.82, 2.24) is 0 Å². The zero-order valence-corrected chi connectivity index (χ0v) is 18.6. The first-order valence-corrected chi connectivity index (χ1v) is 10.7. The number of imide groups is 1. The molecule has 8 heteroatoms. The first-order valence-electron chi connectivity index (χ1n) is 10.7. The summed E-state index contributed by atoms with van der Waals surface area (Å²) in [5, 5.41) is 3.01. The highest BCUT2D eigenvalue weighted by Gasteiger charge is 2.41. The number of ether oxygens (including phenoxy) is 2. The zero-order chi connectivity index (χ0) is 24.2. The second-order valence-corrected chi connectivity index (χ2v) is 7.52. The molecule has 0 saturated carbocycles. The van der Waals surface area contributed by atoms with Gasteiger partial charge < -0.3 is 14.8 Å². The van der Waals surface area contributed by atoms with Gasteiger partial charge in [0.25, 0.3) is 11.8 Å². The highest BCUT2D eigenvalue weighted by atomic mass is 19.1. The maximum Gasteiger partial charge on any atom is 0.282 e. The molecule has 2 amide bonds. The Morgan fingerprint density at radius 1 is 0.912 bits per heavy atom. The molecule has 3 aromatic carbocycles. The molecule has 0 aliphatic carbocycles. The van der Waals surface area contributed by atoms with Gasteiger partial charge in [0, 0.05) is 17.8 Å². The number of benzene rings is 3. The first-order chi connectivity index (χ1) is 16.4. The van der Waals surface area contributed by atoms with Crippen LogP contribution < -0.4 is 19.7 Å². The van der Waals surface area contributed by atoms with Crippen LogP contribution in [-0.4, -0.2) is 25.5 Å². The Bertz CT molecular complexity index is 1270. The Morgan fingerprint density at radius 3 is 2.35 bits per heavy atom. The van der Waals surface area contributed by atoms with Gasteiger partial charge in [-0.3, -0.25) is 9.59 Å². The number of carbonyl (C=O) groups is 2. The fourth-order valence-electron chi connectivity index (χ4n) is 3.58. The highest BCUT2D eigenvalue weighted by Crippen LogP contribution is 2.36. The maximum absolute atomic E-state index is 14.5. The predicted molar refractivity (Wildman–Crippen MR) is 125 cm³/mol. The monoisotopic (exact) mass is 464 g/mol. The number of anilines is 2. The van der Waals surface area contributed by atoms with Crippen molar-refractivity contribution in [1.29, 1.82) is 0 Å². The molecule has 0 fully saturated rings. The summed E-state index contributed by atoms with van der Waals surface area (Å²) in [5.41, 5.74) is 0.629. The second kappa shape index (κ2) is 9.74. The third kappa shape index (κ3) is 4.47. The average molecular weight is 464 g/mol. The summed E-state index contributed by atoms with van der Waals surface area (Å²) in [6.45, 7) is 2.51. The summed E-state index contributed by atoms with van der Waals surface area (Å²) in [6.07, 6.45) is 0.829. The molecule has 0 bridgehead atoms. The van der Waals surface area contributed by atoms with Crippen molar-refractivity contribution >= 4 is 28.8 Å². The molecule has 0 aromatic heterocycles. The van der Waals surface area contributed by atoms with Crippen LogP contribution >= 0.6 is 0 Å². The van der Waals surface area contributed by atoms with E-state index in [0.29, 0.717) is 40.3 Å². The van der Waals surface area contributed by atoms with Gasteiger partial charge in [0.2, 0.25) is 0 Å². The molecule has 3 aromatic rings. The van der Waals surface area contributed by atoms with Gasteiger partial charge in [-0.1, -0.05) is 25.1 Å². The Hall–Kier alpha value is -4.20. The predicted octanol–water partition coefficient (Wildman–Crippen LogP) is 5.16. The number of amides is 2. The largest absolute Gasteiger partial charge is 0.497 e. The number of carbonyl (C=O) groups excluding carboxylic acids is 2. The van der Waals surface area contributed by atoms with E-state index in [1.807, 2.05) is 6.92 Å². The summed E-state index contributed by atoms with van der Waals surface area (Å²) < 4.78 is 38.8. The average Bonchev–Trinajstić information content (AvgIpc) is 3.07. The fourth-order valence-corrected chi connectivity index (χ4v) is 3.58. The van der Waals surface area contributed by atoms with Gasteiger partial charge in [0.15, 0.2) is 0 Å². The minimum atomic E-state index is -1.02. The van der Waals surface area contributed by atoms with E-state index in [4.69, 9.17) is 9.47 Å². The molecule has 0 radical (unpaired) electrons. The van der Waals surface area contributed by atoms with Crippen LogP contribution in [0.15, 0.2) is 72.4 Å². The van der Waals surface area contributed by atoms with Crippen LogP contribution in [-0.2, 0) is 9.59 Å². The Morgan fingerprint density at radius 2 is 1.68 bits per heavy atom. The van der Waals surface area contributed by atoms with Crippen molar-refractivity contribution in [2.75, 3.05) is 23.9 Å². The van der Waals surface area contributed by atoms with E-state index in [-0.39, 0.29) is 17.0 Å². The van der Waals surface area contributed by atoms with E-state index in [1.165, 1.54) is 7.11 Å². The lowest BCUT2D eigenvalue weighted by Crippen LogP contribution is -2.33.